The molecule has 62 heavy (non-hydrogen) atoms. The number of carbonyl (C=O) groups is 2. The lowest BCUT2D eigenvalue weighted by molar-refractivity contribution is -0.161. The Morgan fingerprint density at radius 1 is 0.355 bits per heavy atom. The van der Waals surface area contributed by atoms with Crippen LogP contribution in [-0.2, 0) is 19.1 Å². The van der Waals surface area contributed by atoms with Gasteiger partial charge in [0.1, 0.15) is 6.61 Å². The topological polar surface area (TPSA) is 72.8 Å². The van der Waals surface area contributed by atoms with E-state index in [0.717, 1.165) is 38.5 Å². The molecule has 366 valence electrons. The van der Waals surface area contributed by atoms with Crippen LogP contribution in [0.1, 0.15) is 309 Å². The zero-order valence-electron chi connectivity index (χ0n) is 41.9. The number of aliphatic hydroxyl groups is 1. The number of rotatable bonds is 52. The maximum atomic E-state index is 12.3. The molecule has 0 aromatic heterocycles. The summed E-state index contributed by atoms with van der Waals surface area (Å²) in [6, 6.07) is 0. The summed E-state index contributed by atoms with van der Waals surface area (Å²) in [6.07, 6.45) is 67.3. The van der Waals surface area contributed by atoms with Crippen LogP contribution in [0, 0.1) is 0 Å². The second kappa shape index (κ2) is 53.7. The molecule has 0 amide bonds. The Morgan fingerprint density at radius 2 is 0.597 bits per heavy atom. The molecule has 0 aliphatic heterocycles. The Morgan fingerprint density at radius 3 is 0.871 bits per heavy atom. The van der Waals surface area contributed by atoms with Gasteiger partial charge in [-0.15, -0.1) is 0 Å². The predicted octanol–water partition coefficient (Wildman–Crippen LogP) is 18.5. The van der Waals surface area contributed by atoms with Crippen LogP contribution in [0.4, 0.5) is 0 Å². The number of ether oxygens (including phenoxy) is 2. The van der Waals surface area contributed by atoms with E-state index in [-0.39, 0.29) is 25.2 Å². The standard InChI is InChI=1S/C57H108O5/c1-3-5-7-9-11-13-15-17-19-21-22-23-24-25-26-27-28-29-30-31-32-33-34-36-38-40-42-44-46-48-50-52-57(60)62-55(53-58)54-61-56(59)51-49-47-45-43-41-39-37-35-20-18-16-14-12-10-8-6-4-2/h18,20-22,55,58H,3-17,19,23-54H2,1-2H3/b20-18-,22-21-. The van der Waals surface area contributed by atoms with E-state index in [0.29, 0.717) is 12.8 Å². The SMILES string of the molecule is CCCCCCCC/C=C\CCCCCCCCCC(=O)OCC(CO)OC(=O)CCCCCCCCCCCCCCCCCCCCC/C=C\CCCCCCCCCC. The summed E-state index contributed by atoms with van der Waals surface area (Å²) in [5.41, 5.74) is 0. The van der Waals surface area contributed by atoms with Crippen molar-refractivity contribution >= 4 is 11.9 Å². The highest BCUT2D eigenvalue weighted by atomic mass is 16.6. The number of unbranched alkanes of at least 4 members (excludes halogenated alkanes) is 40. The van der Waals surface area contributed by atoms with Crippen molar-refractivity contribution < 1.29 is 24.2 Å². The first-order chi connectivity index (χ1) is 30.6. The number of esters is 2. The molecular formula is C57H108O5. The minimum Gasteiger partial charge on any atom is -0.462 e. The third-order valence-electron chi connectivity index (χ3n) is 12.7. The fourth-order valence-electron chi connectivity index (χ4n) is 8.49. The van der Waals surface area contributed by atoms with Gasteiger partial charge in [-0.05, 0) is 64.2 Å². The van der Waals surface area contributed by atoms with Gasteiger partial charge in [-0.3, -0.25) is 9.59 Å². The largest absolute Gasteiger partial charge is 0.462 e. The summed E-state index contributed by atoms with van der Waals surface area (Å²) in [5.74, 6) is -0.579. The summed E-state index contributed by atoms with van der Waals surface area (Å²) < 4.78 is 10.7. The van der Waals surface area contributed by atoms with Gasteiger partial charge in [0.25, 0.3) is 0 Å². The van der Waals surface area contributed by atoms with Gasteiger partial charge in [0.2, 0.25) is 0 Å². The van der Waals surface area contributed by atoms with Gasteiger partial charge < -0.3 is 14.6 Å². The lowest BCUT2D eigenvalue weighted by Crippen LogP contribution is -2.28. The van der Waals surface area contributed by atoms with E-state index in [2.05, 4.69) is 38.2 Å². The summed E-state index contributed by atoms with van der Waals surface area (Å²) in [5, 5.41) is 9.63. The van der Waals surface area contributed by atoms with Crippen molar-refractivity contribution in [1.82, 2.24) is 0 Å². The van der Waals surface area contributed by atoms with Crippen LogP contribution in [0.15, 0.2) is 24.3 Å². The molecular weight excluding hydrogens is 765 g/mol. The summed E-state index contributed by atoms with van der Waals surface area (Å²) in [6.45, 7) is 4.17. The van der Waals surface area contributed by atoms with Crippen molar-refractivity contribution in [2.45, 2.75) is 315 Å². The molecule has 0 radical (unpaired) electrons. The molecule has 0 aromatic carbocycles. The highest BCUT2D eigenvalue weighted by molar-refractivity contribution is 5.70. The second-order valence-electron chi connectivity index (χ2n) is 19.0. The second-order valence-corrected chi connectivity index (χ2v) is 19.0. The number of hydrogen-bond acceptors (Lipinski definition) is 5. The minimum absolute atomic E-state index is 0.0628. The van der Waals surface area contributed by atoms with Gasteiger partial charge in [-0.2, -0.15) is 0 Å². The molecule has 0 aromatic rings. The summed E-state index contributed by atoms with van der Waals surface area (Å²) >= 11 is 0. The Hall–Kier alpha value is -1.62. The van der Waals surface area contributed by atoms with Crippen LogP contribution < -0.4 is 0 Å². The first-order valence-corrected chi connectivity index (χ1v) is 27.9. The van der Waals surface area contributed by atoms with Crippen molar-refractivity contribution in [2.75, 3.05) is 13.2 Å². The molecule has 0 saturated heterocycles. The van der Waals surface area contributed by atoms with E-state index in [1.807, 2.05) is 0 Å². The molecule has 1 unspecified atom stereocenters. The molecule has 0 saturated carbocycles. The van der Waals surface area contributed by atoms with Crippen molar-refractivity contribution in [3.63, 3.8) is 0 Å². The van der Waals surface area contributed by atoms with Gasteiger partial charge in [0.15, 0.2) is 6.10 Å². The molecule has 1 atom stereocenters. The van der Waals surface area contributed by atoms with Crippen LogP contribution >= 0.6 is 0 Å². The fraction of sp³-hybridized carbons (Fsp3) is 0.895. The minimum atomic E-state index is -0.770. The molecule has 5 nitrogen and oxygen atoms in total. The van der Waals surface area contributed by atoms with Crippen LogP contribution in [0.3, 0.4) is 0 Å². The van der Waals surface area contributed by atoms with Gasteiger partial charge in [0, 0.05) is 12.8 Å². The Labute approximate surface area is 387 Å². The quantitative estimate of drug-likeness (QED) is 0.0374. The van der Waals surface area contributed by atoms with Gasteiger partial charge >= 0.3 is 11.9 Å². The van der Waals surface area contributed by atoms with Crippen LogP contribution in [0.2, 0.25) is 0 Å². The van der Waals surface area contributed by atoms with Crippen molar-refractivity contribution in [2.24, 2.45) is 0 Å². The molecule has 0 aliphatic carbocycles. The van der Waals surface area contributed by atoms with Crippen LogP contribution in [0.5, 0.6) is 0 Å². The van der Waals surface area contributed by atoms with Gasteiger partial charge in [0.05, 0.1) is 6.61 Å². The van der Waals surface area contributed by atoms with E-state index in [1.165, 1.54) is 244 Å². The van der Waals surface area contributed by atoms with Crippen molar-refractivity contribution in [3.8, 4) is 0 Å². The third-order valence-corrected chi connectivity index (χ3v) is 12.7. The first-order valence-electron chi connectivity index (χ1n) is 27.9. The van der Waals surface area contributed by atoms with E-state index >= 15 is 0 Å². The maximum Gasteiger partial charge on any atom is 0.306 e. The molecule has 1 N–H and O–H groups in total. The van der Waals surface area contributed by atoms with Gasteiger partial charge in [-0.1, -0.05) is 256 Å². The lowest BCUT2D eigenvalue weighted by atomic mass is 10.0. The Kier molecular flexibility index (Phi) is 52.3. The molecule has 0 fully saturated rings. The van der Waals surface area contributed by atoms with Crippen molar-refractivity contribution in [3.05, 3.63) is 24.3 Å². The molecule has 5 heteroatoms. The average molecular weight is 873 g/mol. The zero-order valence-corrected chi connectivity index (χ0v) is 41.9. The van der Waals surface area contributed by atoms with Gasteiger partial charge in [-0.25, -0.2) is 0 Å². The average Bonchev–Trinajstić information content (AvgIpc) is 3.28. The smallest absolute Gasteiger partial charge is 0.306 e. The highest BCUT2D eigenvalue weighted by Crippen LogP contribution is 2.17. The van der Waals surface area contributed by atoms with E-state index in [1.54, 1.807) is 0 Å². The third kappa shape index (κ3) is 51.0. The summed E-state index contributed by atoms with van der Waals surface area (Å²) in [4.78, 5) is 24.5. The number of allylic oxidation sites excluding steroid dienone is 4. The number of hydrogen-bond donors (Lipinski definition) is 1. The Bertz CT molecular complexity index is 943. The summed E-state index contributed by atoms with van der Waals surface area (Å²) in [7, 11) is 0. The van der Waals surface area contributed by atoms with Crippen LogP contribution in [0.25, 0.3) is 0 Å². The van der Waals surface area contributed by atoms with E-state index < -0.39 is 6.10 Å². The predicted molar refractivity (Wildman–Crippen MR) is 270 cm³/mol. The number of aliphatic hydroxyl groups excluding tert-OH is 1. The molecule has 0 rings (SSSR count). The Balaban J connectivity index is 3.41. The molecule has 0 spiro atoms. The normalized spacial score (nSPS) is 12.2. The lowest BCUT2D eigenvalue weighted by Gasteiger charge is -2.15. The van der Waals surface area contributed by atoms with Crippen LogP contribution in [-0.4, -0.2) is 36.4 Å². The number of carbonyl (C=O) groups excluding carboxylic acids is 2. The molecule has 0 bridgehead atoms. The maximum absolute atomic E-state index is 12.3. The highest BCUT2D eigenvalue weighted by Gasteiger charge is 2.16. The first kappa shape index (κ1) is 60.4. The zero-order chi connectivity index (χ0) is 44.9. The van der Waals surface area contributed by atoms with E-state index in [9.17, 15) is 14.7 Å². The molecule has 0 heterocycles. The monoisotopic (exact) mass is 873 g/mol. The van der Waals surface area contributed by atoms with Crippen molar-refractivity contribution in [1.29, 1.82) is 0 Å². The fourth-order valence-corrected chi connectivity index (χ4v) is 8.49. The van der Waals surface area contributed by atoms with E-state index in [4.69, 9.17) is 9.47 Å². The molecule has 0 aliphatic rings.